The average Bonchev–Trinajstić information content (AvgIpc) is 2.02. The second kappa shape index (κ2) is 6.65. The fourth-order valence-electron chi connectivity index (χ4n) is 0.534. The molecule has 0 aliphatic carbocycles. The molecule has 0 aromatic rings. The predicted molar refractivity (Wildman–Crippen MR) is 57.6 cm³/mol. The number of ether oxygens (including phenoxy) is 1. The van der Waals surface area contributed by atoms with Gasteiger partial charge in [-0.25, -0.2) is 0 Å². The number of nitrogens with zero attached hydrogens (tertiary/aromatic N) is 1. The monoisotopic (exact) mass is 285 g/mol. The number of rotatable bonds is 5. The quantitative estimate of drug-likeness (QED) is 0.431. The van der Waals surface area contributed by atoms with Gasteiger partial charge in [0.1, 0.15) is 6.61 Å². The highest BCUT2D eigenvalue weighted by atomic mass is 127. The largest absolute Gasteiger partial charge is 0.464 e. The first-order valence-electron chi connectivity index (χ1n) is 3.95. The molecule has 0 spiro atoms. The zero-order valence-corrected chi connectivity index (χ0v) is 10.00. The number of alkyl halides is 1. The molecule has 0 aliphatic heterocycles. The van der Waals surface area contributed by atoms with Crippen LogP contribution in [0.2, 0.25) is 0 Å². The summed E-state index contributed by atoms with van der Waals surface area (Å²) in [7, 11) is 3.91. The third kappa shape index (κ3) is 5.77. The highest BCUT2D eigenvalue weighted by molar-refractivity contribution is 14.1. The highest BCUT2D eigenvalue weighted by Crippen LogP contribution is 2.02. The molecule has 0 saturated heterocycles. The summed E-state index contributed by atoms with van der Waals surface area (Å²) in [4.78, 5) is 13.1. The van der Waals surface area contributed by atoms with Crippen LogP contribution in [0, 0.1) is 5.92 Å². The van der Waals surface area contributed by atoms with E-state index in [1.807, 2.05) is 25.9 Å². The Balaban J connectivity index is 3.44. The summed E-state index contributed by atoms with van der Waals surface area (Å²) in [6, 6.07) is 0. The summed E-state index contributed by atoms with van der Waals surface area (Å²) in [6.07, 6.45) is 0. The van der Waals surface area contributed by atoms with Gasteiger partial charge in [-0.2, -0.15) is 0 Å². The molecule has 0 fully saturated rings. The van der Waals surface area contributed by atoms with Gasteiger partial charge in [-0.1, -0.05) is 29.5 Å². The van der Waals surface area contributed by atoms with Crippen LogP contribution in [0.3, 0.4) is 0 Å². The first-order chi connectivity index (χ1) is 5.57. The SMILES string of the molecule is CC(CI)C(=O)OCCN(C)C. The summed E-state index contributed by atoms with van der Waals surface area (Å²) < 4.78 is 5.84. The van der Waals surface area contributed by atoms with Crippen molar-refractivity contribution >= 4 is 28.6 Å². The van der Waals surface area contributed by atoms with E-state index in [-0.39, 0.29) is 11.9 Å². The lowest BCUT2D eigenvalue weighted by Crippen LogP contribution is -2.23. The molecule has 0 heterocycles. The normalized spacial score (nSPS) is 13.1. The van der Waals surface area contributed by atoms with Gasteiger partial charge < -0.3 is 9.64 Å². The van der Waals surface area contributed by atoms with Crippen LogP contribution in [0.4, 0.5) is 0 Å². The van der Waals surface area contributed by atoms with Crippen LogP contribution in [0.5, 0.6) is 0 Å². The van der Waals surface area contributed by atoms with Gasteiger partial charge in [0.2, 0.25) is 0 Å². The van der Waals surface area contributed by atoms with Gasteiger partial charge in [-0.3, -0.25) is 4.79 Å². The smallest absolute Gasteiger partial charge is 0.309 e. The van der Waals surface area contributed by atoms with Gasteiger partial charge in [0.15, 0.2) is 0 Å². The molecule has 1 unspecified atom stereocenters. The third-order valence-corrected chi connectivity index (χ3v) is 2.74. The maximum atomic E-state index is 11.1. The van der Waals surface area contributed by atoms with E-state index < -0.39 is 0 Å². The number of carbonyl (C=O) groups excluding carboxylic acids is 1. The molecule has 0 bridgehead atoms. The van der Waals surface area contributed by atoms with Crippen LogP contribution >= 0.6 is 22.6 Å². The lowest BCUT2D eigenvalue weighted by atomic mass is 10.2. The minimum Gasteiger partial charge on any atom is -0.464 e. The Hall–Kier alpha value is 0.160. The molecule has 0 N–H and O–H groups in total. The number of carbonyl (C=O) groups is 1. The highest BCUT2D eigenvalue weighted by Gasteiger charge is 2.11. The molecule has 0 aromatic carbocycles. The minimum absolute atomic E-state index is 0.0211. The Morgan fingerprint density at radius 3 is 2.58 bits per heavy atom. The van der Waals surface area contributed by atoms with E-state index in [0.717, 1.165) is 11.0 Å². The van der Waals surface area contributed by atoms with E-state index in [1.165, 1.54) is 0 Å². The summed E-state index contributed by atoms with van der Waals surface area (Å²) in [5, 5.41) is 0. The Labute approximate surface area is 87.6 Å². The minimum atomic E-state index is -0.0914. The first kappa shape index (κ1) is 12.2. The maximum Gasteiger partial charge on any atom is 0.309 e. The van der Waals surface area contributed by atoms with E-state index in [0.29, 0.717) is 6.61 Å². The van der Waals surface area contributed by atoms with Crippen LogP contribution in [0.1, 0.15) is 6.92 Å². The van der Waals surface area contributed by atoms with Crippen LogP contribution in [0.15, 0.2) is 0 Å². The zero-order chi connectivity index (χ0) is 9.56. The fourth-order valence-corrected chi connectivity index (χ4v) is 0.894. The van der Waals surface area contributed by atoms with Crippen molar-refractivity contribution in [1.82, 2.24) is 4.90 Å². The predicted octanol–water partition coefficient (Wildman–Crippen LogP) is 1.16. The second-order valence-corrected chi connectivity index (χ2v) is 3.91. The van der Waals surface area contributed by atoms with E-state index in [9.17, 15) is 4.79 Å². The van der Waals surface area contributed by atoms with Gasteiger partial charge >= 0.3 is 5.97 Å². The van der Waals surface area contributed by atoms with Gasteiger partial charge in [0.25, 0.3) is 0 Å². The van der Waals surface area contributed by atoms with E-state index >= 15 is 0 Å². The molecular formula is C8H16INO2. The lowest BCUT2D eigenvalue weighted by molar-refractivity contribution is -0.147. The molecule has 72 valence electrons. The van der Waals surface area contributed by atoms with Crippen molar-refractivity contribution < 1.29 is 9.53 Å². The number of hydrogen-bond acceptors (Lipinski definition) is 3. The molecule has 0 aliphatic rings. The van der Waals surface area contributed by atoms with Crippen molar-refractivity contribution in [2.75, 3.05) is 31.7 Å². The summed E-state index contributed by atoms with van der Waals surface area (Å²) in [6.45, 7) is 3.16. The fraction of sp³-hybridized carbons (Fsp3) is 0.875. The van der Waals surface area contributed by atoms with Gasteiger partial charge in [-0.15, -0.1) is 0 Å². The summed E-state index contributed by atoms with van der Waals surface area (Å²) in [5.41, 5.74) is 0. The number of halogens is 1. The van der Waals surface area contributed by atoms with Crippen LogP contribution in [-0.4, -0.2) is 42.5 Å². The summed E-state index contributed by atoms with van der Waals surface area (Å²) in [5.74, 6) is -0.0704. The third-order valence-electron chi connectivity index (χ3n) is 1.42. The van der Waals surface area contributed by atoms with Crippen LogP contribution in [-0.2, 0) is 9.53 Å². The first-order valence-corrected chi connectivity index (χ1v) is 5.47. The van der Waals surface area contributed by atoms with Gasteiger partial charge in [0.05, 0.1) is 5.92 Å². The van der Waals surface area contributed by atoms with E-state index in [1.54, 1.807) is 0 Å². The molecular weight excluding hydrogens is 269 g/mol. The number of esters is 1. The van der Waals surface area contributed by atoms with Gasteiger partial charge in [0, 0.05) is 11.0 Å². The topological polar surface area (TPSA) is 29.5 Å². The Kier molecular flexibility index (Phi) is 6.74. The molecule has 0 amide bonds. The van der Waals surface area contributed by atoms with E-state index in [4.69, 9.17) is 4.74 Å². The molecule has 12 heavy (non-hydrogen) atoms. The van der Waals surface area contributed by atoms with Crippen LogP contribution in [0.25, 0.3) is 0 Å². The second-order valence-electron chi connectivity index (χ2n) is 3.03. The molecule has 1 atom stereocenters. The standard InChI is InChI=1S/C8H16INO2/c1-7(6-9)8(11)12-5-4-10(2)3/h7H,4-6H2,1-3H3. The van der Waals surface area contributed by atoms with Crippen molar-refractivity contribution in [2.45, 2.75) is 6.92 Å². The van der Waals surface area contributed by atoms with E-state index in [2.05, 4.69) is 22.6 Å². The molecule has 3 nitrogen and oxygen atoms in total. The molecule has 0 saturated carbocycles. The van der Waals surface area contributed by atoms with Crippen LogP contribution < -0.4 is 0 Å². The number of likely N-dealkylation sites (N-methyl/N-ethyl adjacent to an activating group) is 1. The van der Waals surface area contributed by atoms with Crippen molar-refractivity contribution in [2.24, 2.45) is 5.92 Å². The molecule has 0 aromatic heterocycles. The lowest BCUT2D eigenvalue weighted by Gasteiger charge is -2.11. The van der Waals surface area contributed by atoms with Crippen molar-refractivity contribution in [3.05, 3.63) is 0 Å². The number of hydrogen-bond donors (Lipinski definition) is 0. The molecule has 0 radical (unpaired) electrons. The van der Waals surface area contributed by atoms with Crippen molar-refractivity contribution in [3.8, 4) is 0 Å². The Bertz CT molecular complexity index is 139. The molecule has 4 heteroatoms. The van der Waals surface area contributed by atoms with Gasteiger partial charge in [-0.05, 0) is 14.1 Å². The van der Waals surface area contributed by atoms with Crippen molar-refractivity contribution in [1.29, 1.82) is 0 Å². The summed E-state index contributed by atoms with van der Waals surface area (Å²) >= 11 is 2.18. The zero-order valence-electron chi connectivity index (χ0n) is 7.84. The Morgan fingerprint density at radius 1 is 1.58 bits per heavy atom. The Morgan fingerprint density at radius 2 is 2.17 bits per heavy atom. The maximum absolute atomic E-state index is 11.1. The average molecular weight is 285 g/mol. The molecule has 0 rings (SSSR count). The van der Waals surface area contributed by atoms with Crippen molar-refractivity contribution in [3.63, 3.8) is 0 Å².